The Labute approximate surface area is 138 Å². The Morgan fingerprint density at radius 2 is 1.87 bits per heavy atom. The van der Waals surface area contributed by atoms with Crippen LogP contribution >= 0.6 is 0 Å². The highest BCUT2D eigenvalue weighted by atomic mass is 16.3. The van der Waals surface area contributed by atoms with Crippen molar-refractivity contribution in [2.75, 3.05) is 13.1 Å². The van der Waals surface area contributed by atoms with E-state index in [-0.39, 0.29) is 25.4 Å². The second-order valence-electron chi connectivity index (χ2n) is 7.59. The van der Waals surface area contributed by atoms with E-state index in [2.05, 4.69) is 18.7 Å². The van der Waals surface area contributed by atoms with Crippen molar-refractivity contribution in [3.05, 3.63) is 34.4 Å². The number of aliphatic hydroxyl groups is 3. The van der Waals surface area contributed by atoms with Gasteiger partial charge >= 0.3 is 0 Å². The third-order valence-electron chi connectivity index (χ3n) is 5.52. The molecule has 1 aromatic rings. The van der Waals surface area contributed by atoms with Gasteiger partial charge in [0.15, 0.2) is 0 Å². The van der Waals surface area contributed by atoms with Crippen LogP contribution in [0.4, 0.5) is 0 Å². The Balaban J connectivity index is 1.87. The third-order valence-corrected chi connectivity index (χ3v) is 5.52. The van der Waals surface area contributed by atoms with E-state index in [1.54, 1.807) is 0 Å². The van der Waals surface area contributed by atoms with E-state index < -0.39 is 0 Å². The molecule has 1 fully saturated rings. The number of benzene rings is 1. The van der Waals surface area contributed by atoms with Gasteiger partial charge in [-0.25, -0.2) is 0 Å². The molecule has 23 heavy (non-hydrogen) atoms. The fourth-order valence-electron chi connectivity index (χ4n) is 4.37. The molecular weight excluding hydrogens is 290 g/mol. The molecule has 4 nitrogen and oxygen atoms in total. The second kappa shape index (κ2) is 6.89. The van der Waals surface area contributed by atoms with Gasteiger partial charge in [0.1, 0.15) is 0 Å². The summed E-state index contributed by atoms with van der Waals surface area (Å²) in [5.41, 5.74) is 4.14. The van der Waals surface area contributed by atoms with Gasteiger partial charge < -0.3 is 15.3 Å². The predicted molar refractivity (Wildman–Crippen MR) is 89.9 cm³/mol. The smallest absolute Gasteiger partial charge is 0.0685 e. The van der Waals surface area contributed by atoms with Gasteiger partial charge in [0.25, 0.3) is 0 Å². The van der Waals surface area contributed by atoms with Gasteiger partial charge in [0.2, 0.25) is 0 Å². The first-order valence-electron chi connectivity index (χ1n) is 8.81. The average molecular weight is 319 g/mol. The first-order chi connectivity index (χ1) is 11.0. The van der Waals surface area contributed by atoms with E-state index in [0.717, 1.165) is 43.5 Å². The van der Waals surface area contributed by atoms with Crippen molar-refractivity contribution in [2.24, 2.45) is 11.8 Å². The summed E-state index contributed by atoms with van der Waals surface area (Å²) in [6.07, 6.45) is 2.57. The normalized spacial score (nSPS) is 27.8. The van der Waals surface area contributed by atoms with Crippen LogP contribution in [0.15, 0.2) is 12.1 Å². The Bertz CT molecular complexity index is 558. The van der Waals surface area contributed by atoms with Crippen molar-refractivity contribution in [1.82, 2.24) is 4.90 Å². The molecule has 0 amide bonds. The molecule has 1 aromatic carbocycles. The molecule has 0 bridgehead atoms. The lowest BCUT2D eigenvalue weighted by atomic mass is 9.78. The molecule has 3 rings (SSSR count). The van der Waals surface area contributed by atoms with E-state index in [1.807, 2.05) is 12.1 Å². The Hall–Kier alpha value is -0.940. The molecule has 2 aliphatic heterocycles. The van der Waals surface area contributed by atoms with Gasteiger partial charge in [-0.05, 0) is 53.4 Å². The molecule has 3 N–H and O–H groups in total. The molecule has 4 heteroatoms. The van der Waals surface area contributed by atoms with Crippen LogP contribution in [0, 0.1) is 11.8 Å². The number of piperidine rings is 1. The number of aliphatic hydroxyl groups excluding tert-OH is 3. The lowest BCUT2D eigenvalue weighted by Gasteiger charge is -2.46. The fraction of sp³-hybridized carbons (Fsp3) is 0.684. The van der Waals surface area contributed by atoms with Gasteiger partial charge in [-0.3, -0.25) is 4.90 Å². The first kappa shape index (κ1) is 16.9. The topological polar surface area (TPSA) is 63.9 Å². The van der Waals surface area contributed by atoms with Crippen LogP contribution in [-0.2, 0) is 19.6 Å². The maximum Gasteiger partial charge on any atom is 0.0685 e. The maximum atomic E-state index is 10.6. The van der Waals surface area contributed by atoms with Crippen molar-refractivity contribution in [1.29, 1.82) is 0 Å². The van der Waals surface area contributed by atoms with Crippen LogP contribution in [0.25, 0.3) is 0 Å². The fourth-order valence-corrected chi connectivity index (χ4v) is 4.37. The summed E-state index contributed by atoms with van der Waals surface area (Å²) >= 11 is 0. The van der Waals surface area contributed by atoms with Crippen LogP contribution in [0.1, 0.15) is 55.0 Å². The molecule has 0 spiro atoms. The number of hydrogen-bond acceptors (Lipinski definition) is 4. The number of hydrogen-bond donors (Lipinski definition) is 3. The summed E-state index contributed by atoms with van der Waals surface area (Å²) in [6.45, 7) is 6.33. The largest absolute Gasteiger partial charge is 0.393 e. The molecular formula is C19H29NO3. The van der Waals surface area contributed by atoms with E-state index in [4.69, 9.17) is 0 Å². The number of nitrogens with zero attached hydrogens (tertiary/aromatic N) is 1. The molecule has 0 radical (unpaired) electrons. The van der Waals surface area contributed by atoms with Gasteiger partial charge in [-0.15, -0.1) is 0 Å². The summed E-state index contributed by atoms with van der Waals surface area (Å²) in [6, 6.07) is 4.34. The minimum atomic E-state index is -0.250. The number of rotatable bonds is 4. The number of fused-ring (bicyclic) bond motifs is 3. The minimum Gasteiger partial charge on any atom is -0.393 e. The highest BCUT2D eigenvalue weighted by molar-refractivity contribution is 5.41. The second-order valence-corrected chi connectivity index (χ2v) is 7.59. The summed E-state index contributed by atoms with van der Waals surface area (Å²) in [7, 11) is 0. The Morgan fingerprint density at radius 3 is 2.52 bits per heavy atom. The quantitative estimate of drug-likeness (QED) is 0.794. The maximum absolute atomic E-state index is 10.6. The lowest BCUT2D eigenvalue weighted by Crippen LogP contribution is -2.48. The molecule has 0 aromatic heterocycles. The van der Waals surface area contributed by atoms with E-state index in [1.165, 1.54) is 11.1 Å². The van der Waals surface area contributed by atoms with Crippen LogP contribution in [-0.4, -0.2) is 39.4 Å². The van der Waals surface area contributed by atoms with Crippen LogP contribution < -0.4 is 0 Å². The van der Waals surface area contributed by atoms with Gasteiger partial charge in [-0.1, -0.05) is 26.0 Å². The van der Waals surface area contributed by atoms with Gasteiger partial charge in [-0.2, -0.15) is 0 Å². The van der Waals surface area contributed by atoms with Crippen molar-refractivity contribution < 1.29 is 15.3 Å². The molecule has 128 valence electrons. The molecule has 2 aliphatic rings. The van der Waals surface area contributed by atoms with Crippen molar-refractivity contribution >= 4 is 0 Å². The zero-order valence-electron chi connectivity index (χ0n) is 14.2. The SMILES string of the molecule is CC(C)C[C@H]1CN2CCc3cc(CO)c(CO)cc3[C@@H]2C[C@@H]1O. The highest BCUT2D eigenvalue weighted by Crippen LogP contribution is 2.40. The van der Waals surface area contributed by atoms with Crippen LogP contribution in [0.3, 0.4) is 0 Å². The standard InChI is InChI=1S/C19H29NO3/c1-12(2)5-14-9-20-4-3-13-6-15(10-21)16(11-22)7-17(13)18(20)8-19(14)23/h6-7,12,14,18-19,21-23H,3-5,8-11H2,1-2H3/t14-,18-,19-/m0/s1. The van der Waals surface area contributed by atoms with E-state index in [9.17, 15) is 15.3 Å². The monoisotopic (exact) mass is 319 g/mol. The molecule has 2 heterocycles. The van der Waals surface area contributed by atoms with Crippen molar-refractivity contribution in [3.8, 4) is 0 Å². The first-order valence-corrected chi connectivity index (χ1v) is 8.81. The van der Waals surface area contributed by atoms with Gasteiger partial charge in [0, 0.05) is 19.1 Å². The zero-order valence-corrected chi connectivity index (χ0v) is 14.2. The molecule has 1 saturated heterocycles. The third kappa shape index (κ3) is 3.31. The zero-order chi connectivity index (χ0) is 16.6. The minimum absolute atomic E-state index is 0.0311. The Morgan fingerprint density at radius 1 is 1.17 bits per heavy atom. The molecule has 0 aliphatic carbocycles. The highest BCUT2D eigenvalue weighted by Gasteiger charge is 2.38. The lowest BCUT2D eigenvalue weighted by molar-refractivity contribution is -0.0191. The summed E-state index contributed by atoms with van der Waals surface area (Å²) < 4.78 is 0. The van der Waals surface area contributed by atoms with Crippen LogP contribution in [0.2, 0.25) is 0 Å². The molecule has 0 unspecified atom stereocenters. The molecule has 0 saturated carbocycles. The summed E-state index contributed by atoms with van der Waals surface area (Å²) in [4.78, 5) is 2.50. The van der Waals surface area contributed by atoms with Crippen molar-refractivity contribution in [3.63, 3.8) is 0 Å². The summed E-state index contributed by atoms with van der Waals surface area (Å²) in [5.74, 6) is 0.971. The van der Waals surface area contributed by atoms with Crippen LogP contribution in [0.5, 0.6) is 0 Å². The van der Waals surface area contributed by atoms with E-state index >= 15 is 0 Å². The summed E-state index contributed by atoms with van der Waals surface area (Å²) in [5, 5.41) is 29.6. The van der Waals surface area contributed by atoms with Crippen molar-refractivity contribution in [2.45, 2.75) is 58.5 Å². The van der Waals surface area contributed by atoms with E-state index in [0.29, 0.717) is 11.8 Å². The van der Waals surface area contributed by atoms with Gasteiger partial charge in [0.05, 0.1) is 19.3 Å². The predicted octanol–water partition coefficient (Wildman–Crippen LogP) is 2.00. The Kier molecular flexibility index (Phi) is 5.07. The average Bonchev–Trinajstić information content (AvgIpc) is 2.53. The molecule has 3 atom stereocenters.